The quantitative estimate of drug-likeness (QED) is 0.659. The molecule has 3 N–H and O–H groups in total. The van der Waals surface area contributed by atoms with Gasteiger partial charge in [-0.1, -0.05) is 0 Å². The van der Waals surface area contributed by atoms with E-state index in [9.17, 15) is 14.4 Å². The van der Waals surface area contributed by atoms with Crippen molar-refractivity contribution in [2.45, 2.75) is 38.3 Å². The number of hydrogen-bond acceptors (Lipinski definition) is 4. The normalized spacial score (nSPS) is 25.5. The number of urea groups is 1. The van der Waals surface area contributed by atoms with Crippen LogP contribution in [0.25, 0.3) is 0 Å². The van der Waals surface area contributed by atoms with Crippen LogP contribution in [0.4, 0.5) is 4.79 Å². The molecule has 0 aromatic rings. The molecule has 0 aromatic carbocycles. The Morgan fingerprint density at radius 2 is 2.21 bits per heavy atom. The van der Waals surface area contributed by atoms with Gasteiger partial charge in [0.05, 0.1) is 0 Å². The van der Waals surface area contributed by atoms with Gasteiger partial charge in [0.25, 0.3) is 0 Å². The fourth-order valence-electron chi connectivity index (χ4n) is 2.68. The van der Waals surface area contributed by atoms with Gasteiger partial charge in [0, 0.05) is 18.6 Å². The lowest BCUT2D eigenvalue weighted by Crippen LogP contribution is -2.54. The van der Waals surface area contributed by atoms with Crippen molar-refractivity contribution in [1.82, 2.24) is 15.1 Å². The number of hydrogen-bond donors (Lipinski definition) is 2. The monoisotopic (exact) mass is 268 g/mol. The fraction of sp³-hybridized carbons (Fsp3) is 0.750. The Morgan fingerprint density at radius 3 is 2.79 bits per heavy atom. The molecular formula is C12H20N4O3. The summed E-state index contributed by atoms with van der Waals surface area (Å²) >= 11 is 0. The Bertz CT molecular complexity index is 396. The molecule has 19 heavy (non-hydrogen) atoms. The second-order valence-corrected chi connectivity index (χ2v) is 5.22. The predicted octanol–water partition coefficient (Wildman–Crippen LogP) is -0.733. The lowest BCUT2D eigenvalue weighted by atomic mass is 9.97. The molecule has 106 valence electrons. The van der Waals surface area contributed by atoms with Crippen LogP contribution in [0.3, 0.4) is 0 Å². The first-order valence-corrected chi connectivity index (χ1v) is 6.63. The van der Waals surface area contributed by atoms with E-state index in [1.54, 1.807) is 4.90 Å². The predicted molar refractivity (Wildman–Crippen MR) is 68.1 cm³/mol. The van der Waals surface area contributed by atoms with Crippen molar-refractivity contribution in [3.05, 3.63) is 0 Å². The fourth-order valence-corrected chi connectivity index (χ4v) is 2.68. The van der Waals surface area contributed by atoms with E-state index in [0.717, 1.165) is 19.3 Å². The van der Waals surface area contributed by atoms with Crippen molar-refractivity contribution in [1.29, 1.82) is 0 Å². The molecule has 0 saturated carbocycles. The second kappa shape index (κ2) is 5.56. The zero-order valence-electron chi connectivity index (χ0n) is 11.1. The highest BCUT2D eigenvalue weighted by atomic mass is 16.2. The summed E-state index contributed by atoms with van der Waals surface area (Å²) in [7, 11) is 0. The van der Waals surface area contributed by atoms with Gasteiger partial charge in [-0.15, -0.1) is 0 Å². The Morgan fingerprint density at radius 1 is 1.47 bits per heavy atom. The smallest absolute Gasteiger partial charge is 0.325 e. The van der Waals surface area contributed by atoms with Gasteiger partial charge < -0.3 is 15.5 Å². The van der Waals surface area contributed by atoms with Gasteiger partial charge in [-0.2, -0.15) is 0 Å². The zero-order chi connectivity index (χ0) is 14.0. The molecule has 2 atom stereocenters. The number of rotatable bonds is 3. The Balaban J connectivity index is 1.98. The number of nitrogens with two attached hydrogens (primary N) is 1. The molecule has 7 nitrogen and oxygen atoms in total. The summed E-state index contributed by atoms with van der Waals surface area (Å²) in [6, 6.07) is -0.548. The molecule has 0 aliphatic carbocycles. The van der Waals surface area contributed by atoms with Crippen LogP contribution >= 0.6 is 0 Å². The van der Waals surface area contributed by atoms with Gasteiger partial charge in [-0.25, -0.2) is 4.79 Å². The number of nitrogens with one attached hydrogen (secondary N) is 1. The largest absolute Gasteiger partial charge is 0.337 e. The van der Waals surface area contributed by atoms with Crippen LogP contribution in [0, 0.1) is 0 Å². The summed E-state index contributed by atoms with van der Waals surface area (Å²) in [6.45, 7) is 2.47. The molecule has 0 spiro atoms. The molecule has 2 saturated heterocycles. The number of nitrogens with zero attached hydrogens (tertiary/aromatic N) is 2. The van der Waals surface area contributed by atoms with Crippen LogP contribution in [-0.4, -0.2) is 59.4 Å². The van der Waals surface area contributed by atoms with E-state index in [1.807, 2.05) is 6.92 Å². The molecule has 2 aliphatic heterocycles. The molecule has 4 amide bonds. The first kappa shape index (κ1) is 13.8. The molecule has 7 heteroatoms. The summed E-state index contributed by atoms with van der Waals surface area (Å²) in [5.41, 5.74) is 5.91. The number of piperidine rings is 1. The molecule has 0 radical (unpaired) electrons. The number of carbonyl (C=O) groups excluding carboxylic acids is 3. The minimum Gasteiger partial charge on any atom is -0.337 e. The molecule has 2 aliphatic rings. The SMILES string of the molecule is C[C@@H](N)[C@@H]1CCCCN1C(=O)CN1CC(=O)NC1=O. The van der Waals surface area contributed by atoms with Gasteiger partial charge in [0.1, 0.15) is 13.1 Å². The number of carbonyl (C=O) groups is 3. The van der Waals surface area contributed by atoms with Crippen molar-refractivity contribution in [2.75, 3.05) is 19.6 Å². The van der Waals surface area contributed by atoms with Crippen molar-refractivity contribution in [3.63, 3.8) is 0 Å². The van der Waals surface area contributed by atoms with Gasteiger partial charge in [0.15, 0.2) is 0 Å². The van der Waals surface area contributed by atoms with Gasteiger partial charge >= 0.3 is 6.03 Å². The van der Waals surface area contributed by atoms with E-state index < -0.39 is 6.03 Å². The molecular weight excluding hydrogens is 248 g/mol. The summed E-state index contributed by atoms with van der Waals surface area (Å²) in [6.07, 6.45) is 2.92. The number of amides is 4. The van der Waals surface area contributed by atoms with Gasteiger partial charge in [0.2, 0.25) is 11.8 Å². The van der Waals surface area contributed by atoms with Crippen molar-refractivity contribution >= 4 is 17.8 Å². The van der Waals surface area contributed by atoms with E-state index in [4.69, 9.17) is 5.73 Å². The Hall–Kier alpha value is -1.63. The molecule has 0 bridgehead atoms. The van der Waals surface area contributed by atoms with Crippen molar-refractivity contribution in [2.24, 2.45) is 5.73 Å². The van der Waals surface area contributed by atoms with E-state index in [2.05, 4.69) is 5.32 Å². The highest BCUT2D eigenvalue weighted by molar-refractivity contribution is 6.03. The molecule has 2 heterocycles. The summed E-state index contributed by atoms with van der Waals surface area (Å²) in [5, 5.41) is 2.16. The first-order chi connectivity index (χ1) is 8.99. The second-order valence-electron chi connectivity index (χ2n) is 5.22. The molecule has 2 rings (SSSR count). The van der Waals surface area contributed by atoms with E-state index in [-0.39, 0.29) is 37.0 Å². The molecule has 2 fully saturated rings. The van der Waals surface area contributed by atoms with Gasteiger partial charge in [-0.05, 0) is 26.2 Å². The van der Waals surface area contributed by atoms with E-state index in [0.29, 0.717) is 6.54 Å². The topological polar surface area (TPSA) is 95.7 Å². The van der Waals surface area contributed by atoms with Gasteiger partial charge in [-0.3, -0.25) is 14.9 Å². The third-order valence-corrected chi connectivity index (χ3v) is 3.67. The summed E-state index contributed by atoms with van der Waals surface area (Å²) in [5.74, 6) is -0.493. The van der Waals surface area contributed by atoms with Crippen LogP contribution in [-0.2, 0) is 9.59 Å². The summed E-state index contributed by atoms with van der Waals surface area (Å²) in [4.78, 5) is 37.7. The van der Waals surface area contributed by atoms with Crippen LogP contribution in [0.1, 0.15) is 26.2 Å². The Labute approximate surface area is 112 Å². The number of imide groups is 1. The molecule has 0 unspecified atom stereocenters. The minimum atomic E-state index is -0.493. The van der Waals surface area contributed by atoms with Crippen molar-refractivity contribution in [3.8, 4) is 0 Å². The van der Waals surface area contributed by atoms with Crippen LogP contribution in [0.2, 0.25) is 0 Å². The summed E-state index contributed by atoms with van der Waals surface area (Å²) < 4.78 is 0. The lowest BCUT2D eigenvalue weighted by molar-refractivity contribution is -0.135. The minimum absolute atomic E-state index is 0.0302. The van der Waals surface area contributed by atoms with Crippen LogP contribution < -0.4 is 11.1 Å². The molecule has 0 aromatic heterocycles. The van der Waals surface area contributed by atoms with Crippen LogP contribution in [0.5, 0.6) is 0 Å². The first-order valence-electron chi connectivity index (χ1n) is 6.63. The zero-order valence-corrected chi connectivity index (χ0v) is 11.1. The highest BCUT2D eigenvalue weighted by Crippen LogP contribution is 2.19. The van der Waals surface area contributed by atoms with E-state index >= 15 is 0 Å². The maximum atomic E-state index is 12.3. The third-order valence-electron chi connectivity index (χ3n) is 3.67. The van der Waals surface area contributed by atoms with Crippen molar-refractivity contribution < 1.29 is 14.4 Å². The highest BCUT2D eigenvalue weighted by Gasteiger charge is 2.33. The standard InChI is InChI=1S/C12H20N4O3/c1-8(13)9-4-2-3-5-16(9)11(18)7-15-6-10(17)14-12(15)19/h8-9H,2-7,13H2,1H3,(H,14,17,19)/t8-,9+/m1/s1. The van der Waals surface area contributed by atoms with Crippen LogP contribution in [0.15, 0.2) is 0 Å². The number of likely N-dealkylation sites (tertiary alicyclic amines) is 1. The lowest BCUT2D eigenvalue weighted by Gasteiger charge is -2.38. The third kappa shape index (κ3) is 3.04. The maximum absolute atomic E-state index is 12.3. The average molecular weight is 268 g/mol. The average Bonchev–Trinajstić information content (AvgIpc) is 2.67. The maximum Gasteiger partial charge on any atom is 0.325 e. The Kier molecular flexibility index (Phi) is 4.04. The van der Waals surface area contributed by atoms with E-state index in [1.165, 1.54) is 4.90 Å².